The van der Waals surface area contributed by atoms with Gasteiger partial charge in [-0.1, -0.05) is 24.3 Å². The molecular weight excluding hydrogens is 508 g/mol. The van der Waals surface area contributed by atoms with E-state index in [-0.39, 0.29) is 49.6 Å². The Morgan fingerprint density at radius 2 is 1.90 bits per heavy atom. The van der Waals surface area contributed by atoms with Gasteiger partial charge in [0.05, 0.1) is 12.5 Å². The lowest BCUT2D eigenvalue weighted by Gasteiger charge is -2.19. The monoisotopic (exact) mass is 542 g/mol. The van der Waals surface area contributed by atoms with Crippen molar-refractivity contribution in [3.8, 4) is 0 Å². The van der Waals surface area contributed by atoms with Crippen LogP contribution in [0.15, 0.2) is 58.8 Å². The molecule has 1 aromatic heterocycles. The van der Waals surface area contributed by atoms with Gasteiger partial charge in [-0.15, -0.1) is 6.58 Å². The van der Waals surface area contributed by atoms with Crippen LogP contribution in [-0.2, 0) is 28.5 Å². The van der Waals surface area contributed by atoms with Gasteiger partial charge >= 0.3 is 11.7 Å². The molecule has 3 rings (SSSR count). The smallest absolute Gasteiger partial charge is 0.340 e. The molecule has 1 aromatic carbocycles. The van der Waals surface area contributed by atoms with Crippen LogP contribution in [0.3, 0.4) is 0 Å². The summed E-state index contributed by atoms with van der Waals surface area (Å²) in [5.41, 5.74) is -1.22. The van der Waals surface area contributed by atoms with Crippen LogP contribution in [0.25, 0.3) is 0 Å². The molecule has 1 saturated heterocycles. The number of hydrogen-bond acceptors (Lipinski definition) is 9. The molecule has 11 nitrogen and oxygen atoms in total. The van der Waals surface area contributed by atoms with Crippen molar-refractivity contribution >= 4 is 17.7 Å². The van der Waals surface area contributed by atoms with Gasteiger partial charge in [0.2, 0.25) is 0 Å². The van der Waals surface area contributed by atoms with Crippen LogP contribution in [0.1, 0.15) is 61.2 Å². The maximum absolute atomic E-state index is 13.4. The Hall–Kier alpha value is -3.67. The summed E-state index contributed by atoms with van der Waals surface area (Å²) in [7, 11) is 0. The van der Waals surface area contributed by atoms with Crippen LogP contribution in [-0.4, -0.2) is 59.0 Å². The Labute approximate surface area is 225 Å². The Bertz CT molecular complexity index is 1280. The number of nitrogens with zero attached hydrogens (tertiary/aromatic N) is 2. The van der Waals surface area contributed by atoms with E-state index >= 15 is 0 Å². The van der Waals surface area contributed by atoms with E-state index in [0.717, 1.165) is 12.8 Å². The number of carbonyl (C=O) groups is 3. The van der Waals surface area contributed by atoms with E-state index in [1.54, 1.807) is 24.3 Å². The number of rotatable bonds is 14. The van der Waals surface area contributed by atoms with Gasteiger partial charge in [0.15, 0.2) is 0 Å². The normalized spacial score (nSPS) is 18.6. The van der Waals surface area contributed by atoms with E-state index in [1.807, 2.05) is 0 Å². The first-order valence-corrected chi connectivity index (χ1v) is 12.8. The van der Waals surface area contributed by atoms with Gasteiger partial charge in [0.25, 0.3) is 11.5 Å². The van der Waals surface area contributed by atoms with E-state index in [4.69, 9.17) is 18.9 Å². The molecule has 3 atom stereocenters. The minimum atomic E-state index is -0.904. The molecule has 2 heterocycles. The van der Waals surface area contributed by atoms with Crippen molar-refractivity contribution in [1.29, 1.82) is 0 Å². The quantitative estimate of drug-likeness (QED) is 0.153. The van der Waals surface area contributed by atoms with E-state index in [2.05, 4.69) is 6.58 Å². The number of unbranched alkanes of at least 4 members (excludes halogenated alkanes) is 1. The summed E-state index contributed by atoms with van der Waals surface area (Å²) in [5.74, 6) is -1.45. The van der Waals surface area contributed by atoms with E-state index < -0.39 is 41.6 Å². The maximum atomic E-state index is 13.4. The van der Waals surface area contributed by atoms with Crippen LogP contribution in [0.2, 0.25) is 0 Å². The summed E-state index contributed by atoms with van der Waals surface area (Å²) in [5, 5.41) is 0. The Balaban J connectivity index is 1.80. The molecule has 210 valence electrons. The predicted molar refractivity (Wildman–Crippen MR) is 140 cm³/mol. The average Bonchev–Trinajstić information content (AvgIpc) is 3.33. The standard InChI is InChI=1S/C28H34N2O9/c1-4-5-9-14-36-18-38-22-15-24(39-23(22)17-37-25(32)13-12-20(3)31)29-16-19(2)26(33)30(28(29)35)27(34)21-10-7-6-8-11-21/h4,6-8,10-11,16,22-24H,1,5,9,12-15,17-18H2,2-3H3/t22-,23+,24+/m0/s1. The number of Topliss-reactive ketones (excluding diaryl/α,β-unsaturated/α-hetero) is 1. The third kappa shape index (κ3) is 8.16. The molecule has 0 radical (unpaired) electrons. The van der Waals surface area contributed by atoms with Crippen LogP contribution in [0, 0.1) is 6.92 Å². The first-order chi connectivity index (χ1) is 18.7. The zero-order valence-corrected chi connectivity index (χ0v) is 22.2. The molecule has 1 aliphatic heterocycles. The van der Waals surface area contributed by atoms with Crippen molar-refractivity contribution in [2.75, 3.05) is 20.0 Å². The minimum absolute atomic E-state index is 0.0490. The SMILES string of the molecule is C=CCCCOCO[C@H]1C[C@H](n2cc(C)c(=O)n(C(=O)c3ccccc3)c2=O)O[C@@H]1COC(=O)CCC(C)=O. The lowest BCUT2D eigenvalue weighted by Crippen LogP contribution is -2.45. The van der Waals surface area contributed by atoms with Gasteiger partial charge < -0.3 is 23.7 Å². The lowest BCUT2D eigenvalue weighted by molar-refractivity contribution is -0.155. The number of aryl methyl sites for hydroxylation is 1. The Morgan fingerprint density at radius 3 is 2.59 bits per heavy atom. The molecule has 0 bridgehead atoms. The molecule has 11 heteroatoms. The summed E-state index contributed by atoms with van der Waals surface area (Å²) in [6, 6.07) is 8.02. The molecule has 0 N–H and O–H groups in total. The van der Waals surface area contributed by atoms with Crippen molar-refractivity contribution in [1.82, 2.24) is 9.13 Å². The topological polar surface area (TPSA) is 132 Å². The van der Waals surface area contributed by atoms with E-state index in [9.17, 15) is 24.0 Å². The largest absolute Gasteiger partial charge is 0.463 e. The molecular formula is C28H34N2O9. The second-order valence-electron chi connectivity index (χ2n) is 9.23. The van der Waals surface area contributed by atoms with Gasteiger partial charge in [-0.3, -0.25) is 19.0 Å². The summed E-state index contributed by atoms with van der Waals surface area (Å²) in [4.78, 5) is 62.5. The second kappa shape index (κ2) is 14.5. The van der Waals surface area contributed by atoms with Gasteiger partial charge in [0, 0.05) is 36.8 Å². The molecule has 0 amide bonds. The first kappa shape index (κ1) is 29.9. The van der Waals surface area contributed by atoms with Crippen molar-refractivity contribution in [3.63, 3.8) is 0 Å². The first-order valence-electron chi connectivity index (χ1n) is 12.8. The molecule has 0 saturated carbocycles. The van der Waals surface area contributed by atoms with Crippen LogP contribution in [0.4, 0.5) is 0 Å². The predicted octanol–water partition coefficient (Wildman–Crippen LogP) is 2.53. The second-order valence-corrected chi connectivity index (χ2v) is 9.23. The number of esters is 1. The van der Waals surface area contributed by atoms with Crippen LogP contribution in [0.5, 0.6) is 0 Å². The minimum Gasteiger partial charge on any atom is -0.463 e. The highest BCUT2D eigenvalue weighted by molar-refractivity contribution is 5.95. The maximum Gasteiger partial charge on any atom is 0.340 e. The summed E-state index contributed by atoms with van der Waals surface area (Å²) < 4.78 is 24.5. The van der Waals surface area contributed by atoms with Crippen LogP contribution < -0.4 is 11.2 Å². The molecule has 2 aromatic rings. The summed E-state index contributed by atoms with van der Waals surface area (Å²) in [6.07, 6.45) is 2.60. The molecule has 39 heavy (non-hydrogen) atoms. The number of aromatic nitrogens is 2. The molecule has 1 aliphatic rings. The fraction of sp³-hybridized carbons (Fsp3) is 0.464. The van der Waals surface area contributed by atoms with Gasteiger partial charge in [-0.2, -0.15) is 4.57 Å². The van der Waals surface area contributed by atoms with Gasteiger partial charge in [-0.05, 0) is 38.8 Å². The highest BCUT2D eigenvalue weighted by atomic mass is 16.7. The number of hydrogen-bond donors (Lipinski definition) is 0. The molecule has 0 unspecified atom stereocenters. The average molecular weight is 543 g/mol. The zero-order valence-electron chi connectivity index (χ0n) is 22.2. The van der Waals surface area contributed by atoms with E-state index in [0.29, 0.717) is 11.2 Å². The zero-order chi connectivity index (χ0) is 28.4. The molecule has 1 fully saturated rings. The van der Waals surface area contributed by atoms with E-state index in [1.165, 1.54) is 36.7 Å². The van der Waals surface area contributed by atoms with Crippen molar-refractivity contribution in [2.24, 2.45) is 0 Å². The van der Waals surface area contributed by atoms with Crippen molar-refractivity contribution < 1.29 is 33.3 Å². The number of benzene rings is 1. The number of allylic oxidation sites excluding steroid dienone is 1. The van der Waals surface area contributed by atoms with Gasteiger partial charge in [-0.25, -0.2) is 4.79 Å². The Kier molecular flexibility index (Phi) is 11.1. The van der Waals surface area contributed by atoms with Crippen LogP contribution >= 0.6 is 0 Å². The third-order valence-corrected chi connectivity index (χ3v) is 6.15. The lowest BCUT2D eigenvalue weighted by atomic mass is 10.2. The summed E-state index contributed by atoms with van der Waals surface area (Å²) >= 11 is 0. The fourth-order valence-corrected chi connectivity index (χ4v) is 4.04. The molecule has 0 spiro atoms. The third-order valence-electron chi connectivity index (χ3n) is 6.15. The molecule has 0 aliphatic carbocycles. The highest BCUT2D eigenvalue weighted by Gasteiger charge is 2.39. The number of ketones is 1. The van der Waals surface area contributed by atoms with Crippen molar-refractivity contribution in [3.05, 3.63) is 81.1 Å². The van der Waals surface area contributed by atoms with Gasteiger partial charge in [0.1, 0.15) is 31.5 Å². The number of ether oxygens (including phenoxy) is 4. The Morgan fingerprint density at radius 1 is 1.15 bits per heavy atom. The van der Waals surface area contributed by atoms with Crippen molar-refractivity contribution in [2.45, 2.75) is 64.4 Å². The summed E-state index contributed by atoms with van der Waals surface area (Å²) in [6.45, 7) is 6.79. The number of carbonyl (C=O) groups excluding carboxylic acids is 3. The highest BCUT2D eigenvalue weighted by Crippen LogP contribution is 2.30. The fourth-order valence-electron chi connectivity index (χ4n) is 4.04.